The highest BCUT2D eigenvalue weighted by atomic mass is 79.9. The van der Waals surface area contributed by atoms with Crippen molar-refractivity contribution in [2.75, 3.05) is 19.4 Å². The van der Waals surface area contributed by atoms with E-state index in [2.05, 4.69) is 26.6 Å². The first-order valence-corrected chi connectivity index (χ1v) is 8.72. The van der Waals surface area contributed by atoms with E-state index < -0.39 is 0 Å². The fourth-order valence-corrected chi connectivity index (χ4v) is 2.62. The first-order chi connectivity index (χ1) is 11.8. The monoisotopic (exact) mass is 419 g/mol. The van der Waals surface area contributed by atoms with Gasteiger partial charge < -0.3 is 10.2 Å². The van der Waals surface area contributed by atoms with E-state index in [1.54, 1.807) is 37.2 Å². The number of halogens is 1. The predicted octanol–water partition coefficient (Wildman–Crippen LogP) is 3.21. The number of rotatable bonds is 4. The van der Waals surface area contributed by atoms with Crippen LogP contribution in [0.2, 0.25) is 0 Å². The highest BCUT2D eigenvalue weighted by Gasteiger charge is 2.09. The molecule has 0 saturated heterocycles. The minimum atomic E-state index is -0.285. The first kappa shape index (κ1) is 19.1. The molecule has 5 nitrogen and oxygen atoms in total. The maximum Gasteiger partial charge on any atom is 0.257 e. The highest BCUT2D eigenvalue weighted by Crippen LogP contribution is 2.12. The van der Waals surface area contributed by atoms with Gasteiger partial charge in [0.15, 0.2) is 5.11 Å². The van der Waals surface area contributed by atoms with Crippen molar-refractivity contribution in [2.45, 2.75) is 6.42 Å². The summed E-state index contributed by atoms with van der Waals surface area (Å²) in [5, 5.41) is 5.80. The predicted molar refractivity (Wildman–Crippen MR) is 107 cm³/mol. The van der Waals surface area contributed by atoms with Crippen molar-refractivity contribution in [2.24, 2.45) is 0 Å². The van der Waals surface area contributed by atoms with Crippen LogP contribution >= 0.6 is 28.1 Å². The van der Waals surface area contributed by atoms with Gasteiger partial charge in [-0.1, -0.05) is 34.1 Å². The summed E-state index contributed by atoms with van der Waals surface area (Å²) in [4.78, 5) is 25.4. The number of benzene rings is 2. The van der Waals surface area contributed by atoms with E-state index in [-0.39, 0.29) is 16.9 Å². The van der Waals surface area contributed by atoms with Crippen LogP contribution in [0.4, 0.5) is 5.69 Å². The lowest BCUT2D eigenvalue weighted by atomic mass is 10.1. The topological polar surface area (TPSA) is 61.4 Å². The number of likely N-dealkylation sites (N-methyl/N-ethyl adjacent to an activating group) is 1. The van der Waals surface area contributed by atoms with Crippen LogP contribution < -0.4 is 10.6 Å². The number of thiocarbonyl (C=S) groups is 1. The van der Waals surface area contributed by atoms with E-state index in [1.165, 1.54) is 0 Å². The maximum atomic E-state index is 12.1. The summed E-state index contributed by atoms with van der Waals surface area (Å²) in [6.07, 6.45) is 0.345. The number of carbonyl (C=O) groups is 2. The summed E-state index contributed by atoms with van der Waals surface area (Å²) in [5.41, 5.74) is 2.16. The van der Waals surface area contributed by atoms with Gasteiger partial charge in [-0.3, -0.25) is 14.9 Å². The zero-order chi connectivity index (χ0) is 18.4. The Morgan fingerprint density at radius 3 is 2.40 bits per heavy atom. The Morgan fingerprint density at radius 1 is 1.12 bits per heavy atom. The Bertz CT molecular complexity index is 791. The zero-order valence-electron chi connectivity index (χ0n) is 13.9. The van der Waals surface area contributed by atoms with E-state index >= 15 is 0 Å². The lowest BCUT2D eigenvalue weighted by Gasteiger charge is -2.12. The Hall–Kier alpha value is -2.25. The minimum absolute atomic E-state index is 0.0394. The summed E-state index contributed by atoms with van der Waals surface area (Å²) in [7, 11) is 3.45. The molecule has 0 aliphatic carbocycles. The Labute approximate surface area is 160 Å². The van der Waals surface area contributed by atoms with Crippen LogP contribution in [0.3, 0.4) is 0 Å². The molecular weight excluding hydrogens is 402 g/mol. The number of carbonyl (C=O) groups excluding carboxylic acids is 2. The third-order valence-electron chi connectivity index (χ3n) is 3.38. The second kappa shape index (κ2) is 8.73. The molecule has 0 aromatic heterocycles. The lowest BCUT2D eigenvalue weighted by Crippen LogP contribution is -2.34. The van der Waals surface area contributed by atoms with Crippen LogP contribution in [0.5, 0.6) is 0 Å². The Kier molecular flexibility index (Phi) is 6.66. The molecule has 0 unspecified atom stereocenters. The molecule has 2 aromatic carbocycles. The van der Waals surface area contributed by atoms with Crippen LogP contribution in [0, 0.1) is 0 Å². The third-order valence-corrected chi connectivity index (χ3v) is 4.08. The molecule has 2 aromatic rings. The largest absolute Gasteiger partial charge is 0.349 e. The van der Waals surface area contributed by atoms with Gasteiger partial charge in [-0.05, 0) is 48.1 Å². The molecule has 2 N–H and O–H groups in total. The quantitative estimate of drug-likeness (QED) is 0.746. The van der Waals surface area contributed by atoms with Crippen LogP contribution in [0.25, 0.3) is 0 Å². The highest BCUT2D eigenvalue weighted by molar-refractivity contribution is 9.10. The maximum absolute atomic E-state index is 12.1. The molecule has 0 fully saturated rings. The Balaban J connectivity index is 1.92. The van der Waals surface area contributed by atoms with Crippen LogP contribution in [-0.2, 0) is 11.2 Å². The average Bonchev–Trinajstić information content (AvgIpc) is 2.56. The summed E-state index contributed by atoms with van der Waals surface area (Å²) in [6, 6.07) is 14.4. The fraction of sp³-hybridized carbons (Fsp3) is 0.167. The second-order valence-corrected chi connectivity index (χ2v) is 6.90. The molecule has 7 heteroatoms. The van der Waals surface area contributed by atoms with Crippen LogP contribution in [-0.4, -0.2) is 35.9 Å². The summed E-state index contributed by atoms with van der Waals surface area (Å²) in [6.45, 7) is 0. The van der Waals surface area contributed by atoms with Gasteiger partial charge in [0.05, 0.1) is 6.42 Å². The third kappa shape index (κ3) is 5.95. The molecule has 0 saturated carbocycles. The number of anilines is 1. The summed E-state index contributed by atoms with van der Waals surface area (Å²) in [5.74, 6) is -0.246. The van der Waals surface area contributed by atoms with Gasteiger partial charge in [-0.2, -0.15) is 0 Å². The van der Waals surface area contributed by atoms with E-state index in [9.17, 15) is 9.59 Å². The smallest absolute Gasteiger partial charge is 0.257 e. The molecule has 0 spiro atoms. The van der Waals surface area contributed by atoms with Gasteiger partial charge in [-0.25, -0.2) is 0 Å². The van der Waals surface area contributed by atoms with Gasteiger partial charge in [-0.15, -0.1) is 0 Å². The molecule has 0 bridgehead atoms. The summed E-state index contributed by atoms with van der Waals surface area (Å²) < 4.78 is 0.821. The molecule has 25 heavy (non-hydrogen) atoms. The fourth-order valence-electron chi connectivity index (χ4n) is 2.01. The molecule has 0 radical (unpaired) electrons. The average molecular weight is 420 g/mol. The molecule has 2 rings (SSSR count). The minimum Gasteiger partial charge on any atom is -0.349 e. The van der Waals surface area contributed by atoms with Gasteiger partial charge in [0.1, 0.15) is 0 Å². The van der Waals surface area contributed by atoms with E-state index in [4.69, 9.17) is 12.2 Å². The van der Waals surface area contributed by atoms with Crippen molar-refractivity contribution in [1.82, 2.24) is 10.2 Å². The molecule has 2 amide bonds. The van der Waals surface area contributed by atoms with Crippen molar-refractivity contribution in [3.8, 4) is 0 Å². The molecule has 0 aliphatic rings. The van der Waals surface area contributed by atoms with E-state index in [1.807, 2.05) is 30.3 Å². The Morgan fingerprint density at radius 2 is 1.80 bits per heavy atom. The van der Waals surface area contributed by atoms with Gasteiger partial charge in [0.25, 0.3) is 5.91 Å². The van der Waals surface area contributed by atoms with Crippen molar-refractivity contribution in [3.05, 3.63) is 64.1 Å². The van der Waals surface area contributed by atoms with Crippen LogP contribution in [0.1, 0.15) is 15.9 Å². The van der Waals surface area contributed by atoms with Crippen molar-refractivity contribution < 1.29 is 9.59 Å². The number of amides is 2. The number of nitrogens with one attached hydrogen (secondary N) is 2. The van der Waals surface area contributed by atoms with E-state index in [0.29, 0.717) is 12.0 Å². The van der Waals surface area contributed by atoms with Crippen LogP contribution in [0.15, 0.2) is 53.0 Å². The molecule has 0 aliphatic heterocycles. The normalized spacial score (nSPS) is 10.0. The first-order valence-electron chi connectivity index (χ1n) is 7.52. The van der Waals surface area contributed by atoms with E-state index in [0.717, 1.165) is 15.7 Å². The van der Waals surface area contributed by atoms with Gasteiger partial charge >= 0.3 is 0 Å². The van der Waals surface area contributed by atoms with Gasteiger partial charge in [0, 0.05) is 29.8 Å². The second-order valence-electron chi connectivity index (χ2n) is 5.58. The molecule has 0 heterocycles. The van der Waals surface area contributed by atoms with Crippen molar-refractivity contribution >= 4 is 50.8 Å². The molecule has 130 valence electrons. The number of hydrogen-bond acceptors (Lipinski definition) is 3. The van der Waals surface area contributed by atoms with Crippen molar-refractivity contribution in [1.29, 1.82) is 0 Å². The molecular formula is C18H18BrN3O2S. The van der Waals surface area contributed by atoms with Crippen molar-refractivity contribution in [3.63, 3.8) is 0 Å². The van der Waals surface area contributed by atoms with Gasteiger partial charge in [0.2, 0.25) is 5.91 Å². The molecule has 0 atom stereocenters. The number of hydrogen-bond donors (Lipinski definition) is 2. The number of nitrogens with zero attached hydrogens (tertiary/aromatic N) is 1. The lowest BCUT2D eigenvalue weighted by molar-refractivity contribution is -0.127. The zero-order valence-corrected chi connectivity index (χ0v) is 16.3. The SMILES string of the molecule is CN(C)C(=O)Cc1ccc(NC(=S)NC(=O)c2cccc(Br)c2)cc1. The summed E-state index contributed by atoms with van der Waals surface area (Å²) >= 11 is 8.49. The standard InChI is InChI=1S/C18H18BrN3O2S/c1-22(2)16(23)10-12-6-8-15(9-7-12)20-18(25)21-17(24)13-4-3-5-14(19)11-13/h3-9,11H,10H2,1-2H3,(H2,20,21,24,25).